The fraction of sp³-hybridized carbons (Fsp3) is 0.167. The van der Waals surface area contributed by atoms with E-state index in [0.29, 0.717) is 29.2 Å². The number of benzene rings is 2. The van der Waals surface area contributed by atoms with Gasteiger partial charge in [0.05, 0.1) is 17.0 Å². The molecule has 2 aromatic carbocycles. The largest absolute Gasteiger partial charge is 0.485 e. The van der Waals surface area contributed by atoms with Gasteiger partial charge < -0.3 is 10.1 Å². The lowest BCUT2D eigenvalue weighted by molar-refractivity contribution is -0.137. The van der Waals surface area contributed by atoms with Gasteiger partial charge in [-0.3, -0.25) is 14.2 Å². The van der Waals surface area contributed by atoms with Gasteiger partial charge in [0.2, 0.25) is 0 Å². The monoisotopic (exact) mass is 530 g/mol. The van der Waals surface area contributed by atoms with Crippen molar-refractivity contribution in [2.75, 3.05) is 6.54 Å². The molecule has 6 nitrogen and oxygen atoms in total. The van der Waals surface area contributed by atoms with Crippen LogP contribution in [0.4, 0.5) is 13.2 Å². The molecule has 0 bridgehead atoms. The van der Waals surface area contributed by atoms with Crippen LogP contribution in [0.1, 0.15) is 34.2 Å². The number of amides is 1. The minimum atomic E-state index is -4.36. The van der Waals surface area contributed by atoms with E-state index in [1.54, 1.807) is 12.3 Å². The smallest absolute Gasteiger partial charge is 0.416 e. The van der Waals surface area contributed by atoms with E-state index < -0.39 is 11.7 Å². The van der Waals surface area contributed by atoms with E-state index in [9.17, 15) is 18.0 Å². The fourth-order valence-electron chi connectivity index (χ4n) is 4.34. The van der Waals surface area contributed by atoms with Crippen molar-refractivity contribution in [2.45, 2.75) is 26.6 Å². The van der Waals surface area contributed by atoms with Crippen LogP contribution in [0.3, 0.4) is 0 Å². The van der Waals surface area contributed by atoms with Gasteiger partial charge in [0.15, 0.2) is 11.4 Å². The van der Waals surface area contributed by atoms with Gasteiger partial charge in [-0.2, -0.15) is 13.2 Å². The van der Waals surface area contributed by atoms with Crippen LogP contribution >= 0.6 is 0 Å². The van der Waals surface area contributed by atoms with E-state index >= 15 is 0 Å². The van der Waals surface area contributed by atoms with Crippen LogP contribution in [-0.2, 0) is 12.8 Å². The van der Waals surface area contributed by atoms with Crippen molar-refractivity contribution >= 4 is 11.6 Å². The molecule has 0 aliphatic heterocycles. The Kier molecular flexibility index (Phi) is 7.06. The Morgan fingerprint density at radius 1 is 0.949 bits per heavy atom. The Hall–Kier alpha value is -4.66. The quantitative estimate of drug-likeness (QED) is 0.254. The van der Waals surface area contributed by atoms with Crippen molar-refractivity contribution < 1.29 is 22.7 Å². The predicted molar refractivity (Wildman–Crippen MR) is 142 cm³/mol. The maximum absolute atomic E-state index is 12.8. The number of alkyl halides is 3. The van der Waals surface area contributed by atoms with Gasteiger partial charge in [-0.05, 0) is 66.9 Å². The van der Waals surface area contributed by atoms with Crippen molar-refractivity contribution in [1.82, 2.24) is 19.7 Å². The lowest BCUT2D eigenvalue weighted by Gasteiger charge is -2.10. The highest BCUT2D eigenvalue weighted by Crippen LogP contribution is 2.32. The first-order chi connectivity index (χ1) is 18.7. The highest BCUT2D eigenvalue weighted by atomic mass is 19.4. The number of carbonyl (C=O) groups excluding carboxylic acids is 1. The topological polar surface area (TPSA) is 68.5 Å². The molecule has 39 heavy (non-hydrogen) atoms. The summed E-state index contributed by atoms with van der Waals surface area (Å²) in [5.41, 5.74) is 5.22. The van der Waals surface area contributed by atoms with Crippen molar-refractivity contribution in [3.8, 4) is 28.1 Å². The standard InChI is InChI=1S/C30H25F3N4O2/c1-3-34-29(38)25-15-12-23(17-35-25)27-19(2)36-28-26(5-4-16-37(27)28)39-18-20-6-8-21(9-7-20)22-10-13-24(14-11-22)30(31,32)33/h4-17H,3,18H2,1-2H3,(H,34,38). The summed E-state index contributed by atoms with van der Waals surface area (Å²) in [6.45, 7) is 4.58. The predicted octanol–water partition coefficient (Wildman–Crippen LogP) is 6.72. The maximum atomic E-state index is 12.8. The molecule has 0 radical (unpaired) electrons. The normalized spacial score (nSPS) is 11.5. The molecule has 0 spiro atoms. The first-order valence-electron chi connectivity index (χ1n) is 12.4. The van der Waals surface area contributed by atoms with Gasteiger partial charge in [-0.15, -0.1) is 0 Å². The van der Waals surface area contributed by atoms with Crippen LogP contribution in [0.2, 0.25) is 0 Å². The summed E-state index contributed by atoms with van der Waals surface area (Å²) in [5, 5.41) is 2.74. The number of aromatic nitrogens is 3. The van der Waals surface area contributed by atoms with Crippen LogP contribution in [-0.4, -0.2) is 26.8 Å². The molecule has 3 heterocycles. The average molecular weight is 531 g/mol. The van der Waals surface area contributed by atoms with Gasteiger partial charge in [0, 0.05) is 24.5 Å². The highest BCUT2D eigenvalue weighted by Gasteiger charge is 2.30. The molecule has 0 unspecified atom stereocenters. The van der Waals surface area contributed by atoms with E-state index in [4.69, 9.17) is 9.72 Å². The molecule has 0 aliphatic rings. The van der Waals surface area contributed by atoms with Crippen LogP contribution in [0.25, 0.3) is 28.0 Å². The van der Waals surface area contributed by atoms with Gasteiger partial charge in [-0.25, -0.2) is 4.98 Å². The molecule has 198 valence electrons. The number of halogens is 3. The highest BCUT2D eigenvalue weighted by molar-refractivity contribution is 5.92. The summed E-state index contributed by atoms with van der Waals surface area (Å²) in [6.07, 6.45) is -0.800. The molecule has 0 saturated heterocycles. The number of nitrogens with one attached hydrogen (secondary N) is 1. The van der Waals surface area contributed by atoms with Crippen LogP contribution in [0.15, 0.2) is 85.2 Å². The second-order valence-corrected chi connectivity index (χ2v) is 8.96. The van der Waals surface area contributed by atoms with Crippen LogP contribution in [0, 0.1) is 6.92 Å². The Morgan fingerprint density at radius 2 is 1.62 bits per heavy atom. The van der Waals surface area contributed by atoms with Crippen molar-refractivity contribution in [3.63, 3.8) is 0 Å². The fourth-order valence-corrected chi connectivity index (χ4v) is 4.34. The van der Waals surface area contributed by atoms with E-state index in [-0.39, 0.29) is 12.5 Å². The van der Waals surface area contributed by atoms with Crippen LogP contribution in [0.5, 0.6) is 5.75 Å². The Labute approximate surface area is 223 Å². The second-order valence-electron chi connectivity index (χ2n) is 8.96. The molecule has 0 saturated carbocycles. The summed E-state index contributed by atoms with van der Waals surface area (Å²) in [6, 6.07) is 19.8. The number of ether oxygens (including phenoxy) is 1. The van der Waals surface area contributed by atoms with E-state index in [0.717, 1.165) is 40.2 Å². The Balaban J connectivity index is 1.32. The number of imidazole rings is 1. The Morgan fingerprint density at radius 3 is 2.23 bits per heavy atom. The number of carbonyl (C=O) groups is 1. The van der Waals surface area contributed by atoms with Gasteiger partial charge in [-0.1, -0.05) is 36.4 Å². The number of rotatable bonds is 7. The third-order valence-electron chi connectivity index (χ3n) is 6.29. The molecule has 5 aromatic rings. The van der Waals surface area contributed by atoms with Crippen LogP contribution < -0.4 is 10.1 Å². The zero-order valence-electron chi connectivity index (χ0n) is 21.3. The van der Waals surface area contributed by atoms with Gasteiger partial charge in [0.25, 0.3) is 5.91 Å². The number of nitrogens with zero attached hydrogens (tertiary/aromatic N) is 3. The third-order valence-corrected chi connectivity index (χ3v) is 6.29. The van der Waals surface area contributed by atoms with Crippen molar-refractivity contribution in [1.29, 1.82) is 0 Å². The SMILES string of the molecule is CCNC(=O)c1ccc(-c2c(C)nc3c(OCc4ccc(-c5ccc(C(F)(F)F)cc5)cc4)cccn23)cn1. The summed E-state index contributed by atoms with van der Waals surface area (Å²) in [4.78, 5) is 21.1. The molecule has 0 aliphatic carbocycles. The summed E-state index contributed by atoms with van der Waals surface area (Å²) < 4.78 is 46.5. The third kappa shape index (κ3) is 5.47. The molecule has 9 heteroatoms. The minimum Gasteiger partial charge on any atom is -0.485 e. The van der Waals surface area contributed by atoms with Crippen molar-refractivity contribution in [3.05, 3.63) is 108 Å². The zero-order valence-corrected chi connectivity index (χ0v) is 21.3. The van der Waals surface area contributed by atoms with Crippen molar-refractivity contribution in [2.24, 2.45) is 0 Å². The van der Waals surface area contributed by atoms with Gasteiger partial charge in [0.1, 0.15) is 12.3 Å². The lowest BCUT2D eigenvalue weighted by Crippen LogP contribution is -2.23. The average Bonchev–Trinajstić information content (AvgIpc) is 3.28. The Bertz CT molecular complexity index is 1610. The molecule has 0 fully saturated rings. The number of aryl methyl sites for hydroxylation is 1. The molecule has 3 aromatic heterocycles. The number of hydrogen-bond acceptors (Lipinski definition) is 4. The number of hydrogen-bond donors (Lipinski definition) is 1. The van der Waals surface area contributed by atoms with E-state index in [1.807, 2.05) is 66.9 Å². The molecule has 1 N–H and O–H groups in total. The maximum Gasteiger partial charge on any atom is 0.416 e. The molecular formula is C30H25F3N4O2. The van der Waals surface area contributed by atoms with Gasteiger partial charge >= 0.3 is 6.18 Å². The van der Waals surface area contributed by atoms with E-state index in [1.165, 1.54) is 12.1 Å². The molecule has 1 amide bonds. The zero-order chi connectivity index (χ0) is 27.6. The summed E-state index contributed by atoms with van der Waals surface area (Å²) >= 11 is 0. The lowest BCUT2D eigenvalue weighted by atomic mass is 10.0. The first kappa shape index (κ1) is 26.0. The number of pyridine rings is 2. The molecule has 5 rings (SSSR count). The molecule has 0 atom stereocenters. The summed E-state index contributed by atoms with van der Waals surface area (Å²) in [7, 11) is 0. The first-order valence-corrected chi connectivity index (χ1v) is 12.4. The number of fused-ring (bicyclic) bond motifs is 1. The summed E-state index contributed by atoms with van der Waals surface area (Å²) in [5.74, 6) is 0.382. The minimum absolute atomic E-state index is 0.220. The molecular weight excluding hydrogens is 505 g/mol. The second kappa shape index (κ2) is 10.6. The van der Waals surface area contributed by atoms with E-state index in [2.05, 4.69) is 10.3 Å².